The Kier molecular flexibility index (Phi) is 8.36. The summed E-state index contributed by atoms with van der Waals surface area (Å²) in [7, 11) is 1.73. The summed E-state index contributed by atoms with van der Waals surface area (Å²) in [6.45, 7) is 4.37. The fraction of sp³-hybridized carbons (Fsp3) is 0.667. The van der Waals surface area contributed by atoms with Gasteiger partial charge in [-0.1, -0.05) is 63.1 Å². The molecule has 2 heteroatoms. The van der Waals surface area contributed by atoms with Crippen LogP contribution in [0.4, 0.5) is 0 Å². The van der Waals surface area contributed by atoms with Crippen LogP contribution in [0.3, 0.4) is 0 Å². The molecule has 0 spiro atoms. The second-order valence-electron chi connectivity index (χ2n) is 5.84. The molecule has 1 atom stereocenters. The molecule has 0 aliphatic rings. The van der Waals surface area contributed by atoms with Gasteiger partial charge in [-0.25, -0.2) is 0 Å². The molecule has 0 aliphatic carbocycles. The van der Waals surface area contributed by atoms with Gasteiger partial charge in [0.25, 0.3) is 0 Å². The summed E-state index contributed by atoms with van der Waals surface area (Å²) in [4.78, 5) is 0. The summed E-state index contributed by atoms with van der Waals surface area (Å²) in [6, 6.07) is 6.57. The van der Waals surface area contributed by atoms with Crippen LogP contribution < -0.4 is 10.5 Å². The largest absolute Gasteiger partial charge is 0.496 e. The van der Waals surface area contributed by atoms with Crippen molar-refractivity contribution in [2.45, 2.75) is 71.3 Å². The van der Waals surface area contributed by atoms with Crippen molar-refractivity contribution in [3.8, 4) is 5.75 Å². The average molecular weight is 277 g/mol. The number of hydrogen-bond acceptors (Lipinski definition) is 2. The van der Waals surface area contributed by atoms with Gasteiger partial charge in [-0.3, -0.25) is 0 Å². The van der Waals surface area contributed by atoms with E-state index in [9.17, 15) is 0 Å². The Bertz CT molecular complexity index is 376. The lowest BCUT2D eigenvalue weighted by Crippen LogP contribution is -2.23. The number of ether oxygens (including phenoxy) is 1. The van der Waals surface area contributed by atoms with Crippen molar-refractivity contribution < 1.29 is 4.74 Å². The minimum atomic E-state index is 0.247. The molecule has 0 saturated carbocycles. The Morgan fingerprint density at radius 2 is 1.80 bits per heavy atom. The molecule has 2 N–H and O–H groups in total. The second-order valence-corrected chi connectivity index (χ2v) is 5.84. The smallest absolute Gasteiger partial charge is 0.122 e. The molecule has 1 rings (SSSR count). The summed E-state index contributed by atoms with van der Waals surface area (Å²) in [5.41, 5.74) is 8.78. The van der Waals surface area contributed by atoms with Gasteiger partial charge in [0.15, 0.2) is 0 Å². The Hall–Kier alpha value is -1.02. The van der Waals surface area contributed by atoms with Crippen LogP contribution in [0.25, 0.3) is 0 Å². The fourth-order valence-corrected chi connectivity index (χ4v) is 2.64. The molecular weight excluding hydrogens is 246 g/mol. The van der Waals surface area contributed by atoms with Gasteiger partial charge >= 0.3 is 0 Å². The zero-order valence-corrected chi connectivity index (χ0v) is 13.5. The van der Waals surface area contributed by atoms with E-state index in [0.717, 1.165) is 18.6 Å². The van der Waals surface area contributed by atoms with Crippen LogP contribution in [0.5, 0.6) is 5.75 Å². The highest BCUT2D eigenvalue weighted by molar-refractivity contribution is 5.37. The fourth-order valence-electron chi connectivity index (χ4n) is 2.64. The predicted molar refractivity (Wildman–Crippen MR) is 87.4 cm³/mol. The first-order valence-corrected chi connectivity index (χ1v) is 8.06. The SMILES string of the molecule is CCCCCCCCC(N)Cc1cc(C)ccc1OC. The topological polar surface area (TPSA) is 35.2 Å². The lowest BCUT2D eigenvalue weighted by Gasteiger charge is -2.15. The van der Waals surface area contributed by atoms with Crippen LogP contribution in [-0.2, 0) is 6.42 Å². The van der Waals surface area contributed by atoms with E-state index in [4.69, 9.17) is 10.5 Å². The van der Waals surface area contributed by atoms with Crippen LogP contribution in [-0.4, -0.2) is 13.2 Å². The van der Waals surface area contributed by atoms with Crippen molar-refractivity contribution in [2.75, 3.05) is 7.11 Å². The van der Waals surface area contributed by atoms with E-state index in [-0.39, 0.29) is 6.04 Å². The van der Waals surface area contributed by atoms with E-state index in [1.54, 1.807) is 7.11 Å². The van der Waals surface area contributed by atoms with Gasteiger partial charge in [0.05, 0.1) is 7.11 Å². The van der Waals surface area contributed by atoms with Gasteiger partial charge in [-0.15, -0.1) is 0 Å². The third-order valence-electron chi connectivity index (χ3n) is 3.85. The van der Waals surface area contributed by atoms with Crippen molar-refractivity contribution in [1.82, 2.24) is 0 Å². The van der Waals surface area contributed by atoms with Crippen molar-refractivity contribution in [2.24, 2.45) is 5.73 Å². The number of benzene rings is 1. The summed E-state index contributed by atoms with van der Waals surface area (Å²) >= 11 is 0. The van der Waals surface area contributed by atoms with Gasteiger partial charge in [-0.05, 0) is 31.4 Å². The van der Waals surface area contributed by atoms with E-state index in [1.807, 2.05) is 6.07 Å². The van der Waals surface area contributed by atoms with Crippen LogP contribution >= 0.6 is 0 Å². The minimum Gasteiger partial charge on any atom is -0.496 e. The molecule has 0 amide bonds. The van der Waals surface area contributed by atoms with Gasteiger partial charge in [0, 0.05) is 6.04 Å². The van der Waals surface area contributed by atoms with Crippen molar-refractivity contribution in [3.05, 3.63) is 29.3 Å². The highest BCUT2D eigenvalue weighted by Gasteiger charge is 2.09. The summed E-state index contributed by atoms with van der Waals surface area (Å²) < 4.78 is 5.42. The Balaban J connectivity index is 2.31. The number of methoxy groups -OCH3 is 1. The van der Waals surface area contributed by atoms with Gasteiger partial charge in [-0.2, -0.15) is 0 Å². The van der Waals surface area contributed by atoms with Gasteiger partial charge < -0.3 is 10.5 Å². The molecule has 0 fully saturated rings. The van der Waals surface area contributed by atoms with Crippen molar-refractivity contribution in [3.63, 3.8) is 0 Å². The third kappa shape index (κ3) is 6.42. The first kappa shape index (κ1) is 17.0. The molecular formula is C18H31NO. The maximum Gasteiger partial charge on any atom is 0.122 e. The molecule has 1 aromatic carbocycles. The summed E-state index contributed by atoms with van der Waals surface area (Å²) in [5.74, 6) is 0.967. The normalized spacial score (nSPS) is 12.4. The number of rotatable bonds is 10. The van der Waals surface area contributed by atoms with Crippen LogP contribution in [0.2, 0.25) is 0 Å². The molecule has 0 aromatic heterocycles. The molecule has 0 aliphatic heterocycles. The van der Waals surface area contributed by atoms with E-state index in [2.05, 4.69) is 26.0 Å². The molecule has 2 nitrogen and oxygen atoms in total. The van der Waals surface area contributed by atoms with Crippen LogP contribution in [0.15, 0.2) is 18.2 Å². The standard InChI is InChI=1S/C18H31NO/c1-4-5-6-7-8-9-10-17(19)14-16-13-15(2)11-12-18(16)20-3/h11-13,17H,4-10,14,19H2,1-3H3. The molecule has 0 bridgehead atoms. The molecule has 20 heavy (non-hydrogen) atoms. The maximum atomic E-state index is 6.26. The molecule has 1 unspecified atom stereocenters. The molecule has 0 saturated heterocycles. The van der Waals surface area contributed by atoms with Gasteiger partial charge in [0.2, 0.25) is 0 Å². The Labute approximate surface area is 124 Å². The Morgan fingerprint density at radius 3 is 2.50 bits per heavy atom. The van der Waals surface area contributed by atoms with Crippen molar-refractivity contribution in [1.29, 1.82) is 0 Å². The van der Waals surface area contributed by atoms with E-state index in [1.165, 1.54) is 49.7 Å². The first-order valence-electron chi connectivity index (χ1n) is 8.06. The summed E-state index contributed by atoms with van der Waals surface area (Å²) in [6.07, 6.45) is 10.0. The third-order valence-corrected chi connectivity index (χ3v) is 3.85. The number of hydrogen-bond donors (Lipinski definition) is 1. The van der Waals surface area contributed by atoms with E-state index < -0.39 is 0 Å². The van der Waals surface area contributed by atoms with E-state index >= 15 is 0 Å². The number of aryl methyl sites for hydroxylation is 1. The quantitative estimate of drug-likeness (QED) is 0.633. The molecule has 0 radical (unpaired) electrons. The lowest BCUT2D eigenvalue weighted by atomic mass is 9.98. The van der Waals surface area contributed by atoms with Crippen LogP contribution in [0.1, 0.15) is 63.0 Å². The number of unbranched alkanes of at least 4 members (excludes halogenated alkanes) is 5. The van der Waals surface area contributed by atoms with Crippen LogP contribution in [0, 0.1) is 6.92 Å². The Morgan fingerprint density at radius 1 is 1.10 bits per heavy atom. The lowest BCUT2D eigenvalue weighted by molar-refractivity contribution is 0.406. The molecule has 114 valence electrons. The zero-order valence-electron chi connectivity index (χ0n) is 13.5. The number of nitrogens with two attached hydrogens (primary N) is 1. The zero-order chi connectivity index (χ0) is 14.8. The average Bonchev–Trinajstić information content (AvgIpc) is 2.43. The molecule has 0 heterocycles. The second kappa shape index (κ2) is 9.82. The summed E-state index contributed by atoms with van der Waals surface area (Å²) in [5, 5.41) is 0. The van der Waals surface area contributed by atoms with Gasteiger partial charge in [0.1, 0.15) is 5.75 Å². The maximum absolute atomic E-state index is 6.26. The monoisotopic (exact) mass is 277 g/mol. The molecule has 1 aromatic rings. The minimum absolute atomic E-state index is 0.247. The first-order chi connectivity index (χ1) is 9.67. The predicted octanol–water partition coefficient (Wildman–Crippen LogP) is 4.62. The highest BCUT2D eigenvalue weighted by atomic mass is 16.5. The van der Waals surface area contributed by atoms with Crippen molar-refractivity contribution >= 4 is 0 Å². The highest BCUT2D eigenvalue weighted by Crippen LogP contribution is 2.22. The van der Waals surface area contributed by atoms with E-state index in [0.29, 0.717) is 0 Å².